The number of piperazine rings is 1. The third-order valence-corrected chi connectivity index (χ3v) is 6.68. The molecule has 2 aromatic rings. The minimum absolute atomic E-state index is 0.0883. The van der Waals surface area contributed by atoms with Gasteiger partial charge in [0.25, 0.3) is 0 Å². The van der Waals surface area contributed by atoms with Crippen LogP contribution in [0.1, 0.15) is 5.56 Å². The smallest absolute Gasteiger partial charge is 0.243 e. The number of amides is 1. The van der Waals surface area contributed by atoms with Crippen LogP contribution in [0, 0.1) is 12.3 Å². The molecule has 3 rings (SSSR count). The zero-order valence-electron chi connectivity index (χ0n) is 15.1. The molecule has 0 radical (unpaired) electrons. The van der Waals surface area contributed by atoms with E-state index in [-0.39, 0.29) is 30.4 Å². The molecule has 146 valence electrons. The monoisotopic (exact) mass is 417 g/mol. The van der Waals surface area contributed by atoms with Gasteiger partial charge in [-0.1, -0.05) is 23.6 Å². The van der Waals surface area contributed by atoms with Crippen molar-refractivity contribution < 1.29 is 13.2 Å². The van der Waals surface area contributed by atoms with Crippen LogP contribution in [-0.2, 0) is 14.8 Å². The quantitative estimate of drug-likeness (QED) is 0.758. The molecule has 0 unspecified atom stereocenters. The normalized spacial score (nSPS) is 15.1. The Kier molecular flexibility index (Phi) is 6.25. The van der Waals surface area contributed by atoms with Crippen LogP contribution < -0.4 is 5.32 Å². The van der Waals surface area contributed by atoms with Crippen molar-refractivity contribution in [2.75, 3.05) is 38.0 Å². The maximum atomic E-state index is 12.7. The highest BCUT2D eigenvalue weighted by Crippen LogP contribution is 2.20. The lowest BCUT2D eigenvalue weighted by atomic mass is 10.2. The Bertz CT molecular complexity index is 992. The summed E-state index contributed by atoms with van der Waals surface area (Å²) in [6.07, 6.45) is 5.38. The third-order valence-electron chi connectivity index (χ3n) is 4.52. The molecule has 0 aliphatic carbocycles. The molecular formula is C20H20ClN3O3S. The fourth-order valence-corrected chi connectivity index (χ4v) is 4.49. The highest BCUT2D eigenvalue weighted by Gasteiger charge is 2.29. The second-order valence-corrected chi connectivity index (χ2v) is 8.69. The van der Waals surface area contributed by atoms with Crippen molar-refractivity contribution in [2.45, 2.75) is 4.90 Å². The van der Waals surface area contributed by atoms with Gasteiger partial charge >= 0.3 is 0 Å². The van der Waals surface area contributed by atoms with E-state index in [4.69, 9.17) is 18.0 Å². The summed E-state index contributed by atoms with van der Waals surface area (Å²) in [6.45, 7) is 1.32. The van der Waals surface area contributed by atoms with Crippen LogP contribution in [0.2, 0.25) is 5.02 Å². The largest absolute Gasteiger partial charge is 0.376 e. The van der Waals surface area contributed by atoms with Crippen molar-refractivity contribution in [3.8, 4) is 12.3 Å². The summed E-state index contributed by atoms with van der Waals surface area (Å²) in [5.74, 6) is 2.46. The Balaban J connectivity index is 1.55. The van der Waals surface area contributed by atoms with Crippen LogP contribution in [0.25, 0.3) is 0 Å². The van der Waals surface area contributed by atoms with E-state index in [1.54, 1.807) is 23.1 Å². The summed E-state index contributed by atoms with van der Waals surface area (Å²) in [6, 6.07) is 13.3. The Morgan fingerprint density at radius 1 is 1.11 bits per heavy atom. The van der Waals surface area contributed by atoms with Gasteiger partial charge in [-0.05, 0) is 42.5 Å². The molecule has 8 heteroatoms. The SMILES string of the molecule is C#Cc1cccc(NCC(=O)N2CCN(S(=O)(=O)c3ccc(Cl)cc3)CC2)c1. The molecule has 1 N–H and O–H groups in total. The van der Waals surface area contributed by atoms with E-state index in [2.05, 4.69) is 11.2 Å². The van der Waals surface area contributed by atoms with Gasteiger partial charge in [0.2, 0.25) is 15.9 Å². The van der Waals surface area contributed by atoms with Crippen molar-refractivity contribution in [3.05, 3.63) is 59.1 Å². The predicted octanol–water partition coefficient (Wildman–Crippen LogP) is 2.27. The molecular weight excluding hydrogens is 398 g/mol. The average molecular weight is 418 g/mol. The Hall–Kier alpha value is -2.53. The zero-order chi connectivity index (χ0) is 20.1. The first-order valence-electron chi connectivity index (χ1n) is 8.74. The van der Waals surface area contributed by atoms with E-state index in [9.17, 15) is 13.2 Å². The number of benzene rings is 2. The minimum atomic E-state index is -3.59. The van der Waals surface area contributed by atoms with E-state index in [1.165, 1.54) is 16.4 Å². The first-order chi connectivity index (χ1) is 13.4. The number of halogens is 1. The van der Waals surface area contributed by atoms with Gasteiger partial charge in [-0.2, -0.15) is 4.31 Å². The maximum Gasteiger partial charge on any atom is 0.243 e. The van der Waals surface area contributed by atoms with Gasteiger partial charge in [0.15, 0.2) is 0 Å². The number of hydrogen-bond acceptors (Lipinski definition) is 4. The van der Waals surface area contributed by atoms with Crippen LogP contribution in [-0.4, -0.2) is 56.3 Å². The molecule has 0 aromatic heterocycles. The van der Waals surface area contributed by atoms with Crippen molar-refractivity contribution in [1.82, 2.24) is 9.21 Å². The number of rotatable bonds is 5. The molecule has 1 amide bonds. The summed E-state index contributed by atoms with van der Waals surface area (Å²) in [4.78, 5) is 14.3. The second-order valence-electron chi connectivity index (χ2n) is 6.32. The lowest BCUT2D eigenvalue weighted by molar-refractivity contribution is -0.130. The first-order valence-corrected chi connectivity index (χ1v) is 10.6. The summed E-state index contributed by atoms with van der Waals surface area (Å²) < 4.78 is 26.8. The van der Waals surface area contributed by atoms with Crippen molar-refractivity contribution >= 4 is 33.2 Å². The van der Waals surface area contributed by atoms with E-state index in [0.29, 0.717) is 18.1 Å². The van der Waals surface area contributed by atoms with Crippen LogP contribution >= 0.6 is 11.6 Å². The number of hydrogen-bond donors (Lipinski definition) is 1. The van der Waals surface area contributed by atoms with Crippen molar-refractivity contribution in [2.24, 2.45) is 0 Å². The summed E-state index contributed by atoms with van der Waals surface area (Å²) in [5.41, 5.74) is 1.51. The van der Waals surface area contributed by atoms with E-state index < -0.39 is 10.0 Å². The van der Waals surface area contributed by atoms with E-state index in [0.717, 1.165) is 11.3 Å². The predicted molar refractivity (Wildman–Crippen MR) is 110 cm³/mol. The molecule has 0 spiro atoms. The Morgan fingerprint density at radius 3 is 2.43 bits per heavy atom. The lowest BCUT2D eigenvalue weighted by Gasteiger charge is -2.34. The first kappa shape index (κ1) is 20.2. The summed E-state index contributed by atoms with van der Waals surface area (Å²) in [5, 5.41) is 3.54. The molecule has 1 aliphatic heterocycles. The number of nitrogens with one attached hydrogen (secondary N) is 1. The highest BCUT2D eigenvalue weighted by atomic mass is 35.5. The summed E-state index contributed by atoms with van der Waals surface area (Å²) in [7, 11) is -3.59. The zero-order valence-corrected chi connectivity index (χ0v) is 16.7. The van der Waals surface area contributed by atoms with Gasteiger partial charge in [-0.15, -0.1) is 6.42 Å². The Labute approximate surface area is 170 Å². The number of terminal acetylenes is 1. The van der Waals surface area contributed by atoms with Gasteiger partial charge in [0.05, 0.1) is 11.4 Å². The molecule has 1 aliphatic rings. The molecule has 0 bridgehead atoms. The molecule has 6 nitrogen and oxygen atoms in total. The molecule has 1 heterocycles. The van der Waals surface area contributed by atoms with Gasteiger partial charge in [-0.3, -0.25) is 4.79 Å². The van der Waals surface area contributed by atoms with Gasteiger partial charge in [0.1, 0.15) is 0 Å². The van der Waals surface area contributed by atoms with Gasteiger partial charge in [-0.25, -0.2) is 8.42 Å². The molecule has 28 heavy (non-hydrogen) atoms. The number of carbonyl (C=O) groups excluding carboxylic acids is 1. The minimum Gasteiger partial charge on any atom is -0.376 e. The third kappa shape index (κ3) is 4.65. The number of anilines is 1. The highest BCUT2D eigenvalue weighted by molar-refractivity contribution is 7.89. The summed E-state index contributed by atoms with van der Waals surface area (Å²) >= 11 is 5.82. The number of nitrogens with zero attached hydrogens (tertiary/aromatic N) is 2. The standard InChI is InChI=1S/C20H20ClN3O3S/c1-2-16-4-3-5-18(14-16)22-15-20(25)23-10-12-24(13-11-23)28(26,27)19-8-6-17(21)7-9-19/h1,3-9,14,22H,10-13,15H2. The maximum absolute atomic E-state index is 12.7. The Morgan fingerprint density at radius 2 is 1.79 bits per heavy atom. The fourth-order valence-electron chi connectivity index (χ4n) is 2.94. The molecule has 1 fully saturated rings. The average Bonchev–Trinajstić information content (AvgIpc) is 2.72. The molecule has 0 atom stereocenters. The van der Waals surface area contributed by atoms with Crippen LogP contribution in [0.4, 0.5) is 5.69 Å². The lowest BCUT2D eigenvalue weighted by Crippen LogP contribution is -2.51. The van der Waals surface area contributed by atoms with Gasteiger partial charge < -0.3 is 10.2 Å². The molecule has 0 saturated carbocycles. The van der Waals surface area contributed by atoms with Gasteiger partial charge in [0, 0.05) is 42.5 Å². The van der Waals surface area contributed by atoms with Crippen LogP contribution in [0.3, 0.4) is 0 Å². The van der Waals surface area contributed by atoms with E-state index >= 15 is 0 Å². The van der Waals surface area contributed by atoms with Crippen LogP contribution in [0.5, 0.6) is 0 Å². The number of sulfonamides is 1. The van der Waals surface area contributed by atoms with Crippen molar-refractivity contribution in [1.29, 1.82) is 0 Å². The van der Waals surface area contributed by atoms with Crippen LogP contribution in [0.15, 0.2) is 53.4 Å². The van der Waals surface area contributed by atoms with E-state index in [1.807, 2.05) is 18.2 Å². The fraction of sp³-hybridized carbons (Fsp3) is 0.250. The molecule has 1 saturated heterocycles. The number of carbonyl (C=O) groups is 1. The molecule has 2 aromatic carbocycles. The topological polar surface area (TPSA) is 69.7 Å². The van der Waals surface area contributed by atoms with Crippen molar-refractivity contribution in [3.63, 3.8) is 0 Å². The second kappa shape index (κ2) is 8.65.